The van der Waals surface area contributed by atoms with E-state index >= 15 is 0 Å². The third-order valence-electron chi connectivity index (χ3n) is 2.96. The van der Waals surface area contributed by atoms with Crippen molar-refractivity contribution >= 4 is 0 Å². The lowest BCUT2D eigenvalue weighted by atomic mass is 10.00. The first kappa shape index (κ1) is 12.5. The van der Waals surface area contributed by atoms with Crippen molar-refractivity contribution in [2.75, 3.05) is 14.2 Å². The van der Waals surface area contributed by atoms with Crippen LogP contribution in [0.15, 0.2) is 36.8 Å². The molecule has 0 saturated carbocycles. The summed E-state index contributed by atoms with van der Waals surface area (Å²) in [5, 5.41) is 3.28. The second-order valence-electron chi connectivity index (χ2n) is 4.04. The maximum absolute atomic E-state index is 5.37. The van der Waals surface area contributed by atoms with Gasteiger partial charge in [-0.25, -0.2) is 0 Å². The van der Waals surface area contributed by atoms with E-state index in [0.29, 0.717) is 0 Å². The molecule has 2 aromatic rings. The minimum Gasteiger partial charge on any atom is -0.495 e. The summed E-state index contributed by atoms with van der Waals surface area (Å²) in [5.74, 6) is 0.785. The zero-order chi connectivity index (χ0) is 13.0. The van der Waals surface area contributed by atoms with Gasteiger partial charge in [-0.2, -0.15) is 0 Å². The zero-order valence-electron chi connectivity index (χ0n) is 10.8. The van der Waals surface area contributed by atoms with Gasteiger partial charge in [-0.05, 0) is 43.3 Å². The SMILES string of the molecule is CNC(c1ccncc1C)c1ncccc1OC. The number of hydrogen-bond acceptors (Lipinski definition) is 4. The molecule has 0 bridgehead atoms. The van der Waals surface area contributed by atoms with E-state index in [1.807, 2.05) is 38.4 Å². The van der Waals surface area contributed by atoms with Gasteiger partial charge in [-0.15, -0.1) is 0 Å². The summed E-state index contributed by atoms with van der Waals surface area (Å²) in [6, 6.07) is 5.80. The van der Waals surface area contributed by atoms with Gasteiger partial charge in [-0.3, -0.25) is 9.97 Å². The third-order valence-corrected chi connectivity index (χ3v) is 2.96. The average molecular weight is 243 g/mol. The van der Waals surface area contributed by atoms with E-state index in [-0.39, 0.29) is 6.04 Å². The minimum atomic E-state index is 0.00384. The minimum absolute atomic E-state index is 0.00384. The van der Waals surface area contributed by atoms with Gasteiger partial charge in [0.25, 0.3) is 0 Å². The van der Waals surface area contributed by atoms with Crippen LogP contribution in [0.4, 0.5) is 0 Å². The third kappa shape index (κ3) is 2.33. The molecule has 2 aromatic heterocycles. The lowest BCUT2D eigenvalue weighted by Gasteiger charge is -2.20. The van der Waals surface area contributed by atoms with Crippen LogP contribution in [-0.4, -0.2) is 24.1 Å². The van der Waals surface area contributed by atoms with Crippen LogP contribution >= 0.6 is 0 Å². The van der Waals surface area contributed by atoms with E-state index in [2.05, 4.69) is 15.3 Å². The van der Waals surface area contributed by atoms with Crippen LogP contribution in [0.5, 0.6) is 5.75 Å². The summed E-state index contributed by atoms with van der Waals surface area (Å²) in [5.41, 5.74) is 3.17. The molecule has 2 heterocycles. The molecule has 0 aliphatic heterocycles. The fourth-order valence-electron chi connectivity index (χ4n) is 2.04. The van der Waals surface area contributed by atoms with Crippen LogP contribution in [0, 0.1) is 6.92 Å². The molecule has 1 N–H and O–H groups in total. The lowest BCUT2D eigenvalue weighted by Crippen LogP contribution is -2.20. The number of pyridine rings is 2. The predicted molar refractivity (Wildman–Crippen MR) is 70.7 cm³/mol. The molecular weight excluding hydrogens is 226 g/mol. The van der Waals surface area contributed by atoms with Gasteiger partial charge in [0.05, 0.1) is 13.2 Å². The van der Waals surface area contributed by atoms with Crippen molar-refractivity contribution in [1.29, 1.82) is 0 Å². The zero-order valence-corrected chi connectivity index (χ0v) is 10.8. The number of rotatable bonds is 4. The molecule has 94 valence electrons. The highest BCUT2D eigenvalue weighted by Crippen LogP contribution is 2.28. The molecule has 0 fully saturated rings. The standard InChI is InChI=1S/C14H17N3O/c1-10-9-16-8-6-11(10)13(15-2)14-12(18-3)5-4-7-17-14/h4-9,13,15H,1-3H3. The maximum Gasteiger partial charge on any atom is 0.142 e. The first-order valence-electron chi connectivity index (χ1n) is 5.84. The van der Waals surface area contributed by atoms with Crippen LogP contribution in [0.25, 0.3) is 0 Å². The topological polar surface area (TPSA) is 47.0 Å². The van der Waals surface area contributed by atoms with Gasteiger partial charge < -0.3 is 10.1 Å². The van der Waals surface area contributed by atoms with Crippen molar-refractivity contribution in [2.24, 2.45) is 0 Å². The Balaban J connectivity index is 2.49. The molecule has 0 spiro atoms. The van der Waals surface area contributed by atoms with Crippen molar-refractivity contribution in [3.8, 4) is 5.75 Å². The van der Waals surface area contributed by atoms with Crippen LogP contribution in [0.3, 0.4) is 0 Å². The Kier molecular flexibility index (Phi) is 3.89. The van der Waals surface area contributed by atoms with Gasteiger partial charge in [0, 0.05) is 18.6 Å². The van der Waals surface area contributed by atoms with Gasteiger partial charge in [0.2, 0.25) is 0 Å². The smallest absolute Gasteiger partial charge is 0.142 e. The Hall–Kier alpha value is -1.94. The van der Waals surface area contributed by atoms with Crippen molar-refractivity contribution in [1.82, 2.24) is 15.3 Å². The highest BCUT2D eigenvalue weighted by atomic mass is 16.5. The number of aryl methyl sites for hydroxylation is 1. The first-order chi connectivity index (χ1) is 8.77. The number of ether oxygens (including phenoxy) is 1. The predicted octanol–water partition coefficient (Wildman–Crippen LogP) is 2.10. The summed E-state index contributed by atoms with van der Waals surface area (Å²) in [7, 11) is 3.57. The monoisotopic (exact) mass is 243 g/mol. The average Bonchev–Trinajstić information content (AvgIpc) is 2.42. The van der Waals surface area contributed by atoms with E-state index in [1.165, 1.54) is 0 Å². The fourth-order valence-corrected chi connectivity index (χ4v) is 2.04. The Morgan fingerprint density at radius 3 is 2.78 bits per heavy atom. The second-order valence-corrected chi connectivity index (χ2v) is 4.04. The van der Waals surface area contributed by atoms with Crippen LogP contribution in [-0.2, 0) is 0 Å². The van der Waals surface area contributed by atoms with Gasteiger partial charge in [-0.1, -0.05) is 0 Å². The normalized spacial score (nSPS) is 12.2. The van der Waals surface area contributed by atoms with Gasteiger partial charge in [0.1, 0.15) is 11.4 Å². The molecule has 1 atom stereocenters. The molecule has 2 rings (SSSR count). The molecule has 1 unspecified atom stereocenters. The Morgan fingerprint density at radius 2 is 2.11 bits per heavy atom. The molecule has 0 saturated heterocycles. The van der Waals surface area contributed by atoms with Crippen molar-refractivity contribution in [3.63, 3.8) is 0 Å². The Labute approximate surface area is 107 Å². The van der Waals surface area contributed by atoms with Gasteiger partial charge >= 0.3 is 0 Å². The summed E-state index contributed by atoms with van der Waals surface area (Å²) >= 11 is 0. The van der Waals surface area contributed by atoms with E-state index in [4.69, 9.17) is 4.74 Å². The van der Waals surface area contributed by atoms with Crippen LogP contribution in [0.2, 0.25) is 0 Å². The Bertz CT molecular complexity index is 528. The molecule has 4 nitrogen and oxygen atoms in total. The maximum atomic E-state index is 5.37. The van der Waals surface area contributed by atoms with Crippen LogP contribution < -0.4 is 10.1 Å². The molecule has 4 heteroatoms. The number of hydrogen-bond donors (Lipinski definition) is 1. The van der Waals surface area contributed by atoms with Crippen LogP contribution in [0.1, 0.15) is 22.9 Å². The van der Waals surface area contributed by atoms with E-state index in [9.17, 15) is 0 Å². The molecule has 0 amide bonds. The molecular formula is C14H17N3O. The number of methoxy groups -OCH3 is 1. The highest BCUT2D eigenvalue weighted by Gasteiger charge is 2.19. The molecule has 18 heavy (non-hydrogen) atoms. The molecule has 0 radical (unpaired) electrons. The van der Waals surface area contributed by atoms with E-state index in [1.54, 1.807) is 19.5 Å². The van der Waals surface area contributed by atoms with Gasteiger partial charge in [0.15, 0.2) is 0 Å². The largest absolute Gasteiger partial charge is 0.495 e. The first-order valence-corrected chi connectivity index (χ1v) is 5.84. The highest BCUT2D eigenvalue weighted by molar-refractivity contribution is 5.38. The molecule has 0 aromatic carbocycles. The quantitative estimate of drug-likeness (QED) is 0.893. The Morgan fingerprint density at radius 1 is 1.28 bits per heavy atom. The van der Waals surface area contributed by atoms with Crippen molar-refractivity contribution in [2.45, 2.75) is 13.0 Å². The van der Waals surface area contributed by atoms with Crippen molar-refractivity contribution in [3.05, 3.63) is 53.6 Å². The van der Waals surface area contributed by atoms with E-state index in [0.717, 1.165) is 22.6 Å². The fraction of sp³-hybridized carbons (Fsp3) is 0.286. The second kappa shape index (κ2) is 5.60. The lowest BCUT2D eigenvalue weighted by molar-refractivity contribution is 0.401. The number of aromatic nitrogens is 2. The van der Waals surface area contributed by atoms with Crippen molar-refractivity contribution < 1.29 is 4.74 Å². The molecule has 0 aliphatic rings. The summed E-state index contributed by atoms with van der Waals surface area (Å²) in [6.45, 7) is 2.04. The van der Waals surface area contributed by atoms with E-state index < -0.39 is 0 Å². The summed E-state index contributed by atoms with van der Waals surface area (Å²) < 4.78 is 5.37. The molecule has 0 aliphatic carbocycles. The number of nitrogens with one attached hydrogen (secondary N) is 1. The summed E-state index contributed by atoms with van der Waals surface area (Å²) in [6.07, 6.45) is 5.43. The summed E-state index contributed by atoms with van der Waals surface area (Å²) in [4.78, 5) is 8.55. The number of nitrogens with zero attached hydrogens (tertiary/aromatic N) is 2.